The lowest BCUT2D eigenvalue weighted by molar-refractivity contribution is 0.474. The van der Waals surface area contributed by atoms with Crippen molar-refractivity contribution in [2.75, 3.05) is 0 Å². The highest BCUT2D eigenvalue weighted by atomic mass is 35.5. The molecule has 10 heteroatoms. The summed E-state index contributed by atoms with van der Waals surface area (Å²) in [5.74, 6) is 0. The molecule has 0 aliphatic rings. The quantitative estimate of drug-likeness (QED) is 0.357. The van der Waals surface area contributed by atoms with Crippen LogP contribution in [0.3, 0.4) is 0 Å². The van der Waals surface area contributed by atoms with Crippen LogP contribution < -0.4 is 5.69 Å². The molecule has 0 aliphatic heterocycles. The van der Waals surface area contributed by atoms with Gasteiger partial charge in [-0.25, -0.2) is 9.78 Å². The number of H-pyrrole nitrogens is 2. The van der Waals surface area contributed by atoms with Crippen molar-refractivity contribution >= 4 is 32.9 Å². The Bertz CT molecular complexity index is 687. The Kier molecular flexibility index (Phi) is 2.03. The second kappa shape index (κ2) is 3.02. The van der Waals surface area contributed by atoms with E-state index in [0.29, 0.717) is 0 Å². The van der Waals surface area contributed by atoms with E-state index in [-0.39, 0.29) is 16.3 Å². The largest absolute Gasteiger partial charge is 0.330 e. The third-order valence-corrected chi connectivity index (χ3v) is 2.46. The van der Waals surface area contributed by atoms with Gasteiger partial charge in [0.2, 0.25) is 0 Å². The van der Waals surface area contributed by atoms with E-state index in [9.17, 15) is 13.2 Å². The van der Waals surface area contributed by atoms with Crippen molar-refractivity contribution in [3.05, 3.63) is 15.6 Å². The summed E-state index contributed by atoms with van der Waals surface area (Å²) in [6.45, 7) is 0. The topological polar surface area (TPSA) is 129 Å². The minimum absolute atomic E-state index is 0.0778. The SMILES string of the molecule is O=c1[nH]c2nc(S(=O)(=O)O)nc(Cl)c2[nH]1. The maximum atomic E-state index is 10.9. The molecule has 0 radical (unpaired) electrons. The molecule has 0 atom stereocenters. The number of nitrogens with zero attached hydrogens (tertiary/aromatic N) is 2. The molecule has 0 spiro atoms. The lowest BCUT2D eigenvalue weighted by atomic mass is 10.6. The van der Waals surface area contributed by atoms with Crippen LogP contribution in [0.1, 0.15) is 0 Å². The molecule has 2 rings (SSSR count). The van der Waals surface area contributed by atoms with Crippen molar-refractivity contribution in [2.45, 2.75) is 5.16 Å². The first-order valence-electron chi connectivity index (χ1n) is 3.51. The molecular formula is C5H3ClN4O4S. The number of fused-ring (bicyclic) bond motifs is 1. The van der Waals surface area contributed by atoms with Gasteiger partial charge in [-0.05, 0) is 0 Å². The second-order valence-corrected chi connectivity index (χ2v) is 4.25. The molecule has 2 heterocycles. The number of nitrogens with one attached hydrogen (secondary N) is 2. The van der Waals surface area contributed by atoms with Crippen LogP contribution in [0.2, 0.25) is 5.15 Å². The van der Waals surface area contributed by atoms with E-state index in [1.54, 1.807) is 0 Å². The third-order valence-electron chi connectivity index (χ3n) is 1.55. The number of aromatic amines is 2. The minimum atomic E-state index is -4.55. The highest BCUT2D eigenvalue weighted by Gasteiger charge is 2.18. The molecule has 8 nitrogen and oxygen atoms in total. The van der Waals surface area contributed by atoms with Crippen molar-refractivity contribution in [1.29, 1.82) is 0 Å². The van der Waals surface area contributed by atoms with Crippen LogP contribution in [-0.2, 0) is 10.1 Å². The van der Waals surface area contributed by atoms with E-state index >= 15 is 0 Å². The highest BCUT2D eigenvalue weighted by molar-refractivity contribution is 7.85. The standard InChI is InChI=1S/C5H3ClN4O4S/c6-2-1-3(9-4(11)7-1)10-5(8-2)15(12,13)14/h(H,12,13,14)(H2,7,8,9,10,11). The van der Waals surface area contributed by atoms with Gasteiger partial charge in [0.15, 0.2) is 10.8 Å². The normalized spacial score (nSPS) is 12.1. The van der Waals surface area contributed by atoms with E-state index < -0.39 is 21.0 Å². The smallest absolute Gasteiger partial charge is 0.302 e. The van der Waals surface area contributed by atoms with Gasteiger partial charge in [0.25, 0.3) is 5.16 Å². The summed E-state index contributed by atoms with van der Waals surface area (Å²) in [5.41, 5.74) is -0.615. The number of rotatable bonds is 1. The monoisotopic (exact) mass is 250 g/mol. The summed E-state index contributed by atoms with van der Waals surface area (Å²) in [7, 11) is -4.55. The lowest BCUT2D eigenvalue weighted by Gasteiger charge is -1.96. The molecule has 0 fully saturated rings. The number of hydrogen-bond donors (Lipinski definition) is 3. The lowest BCUT2D eigenvalue weighted by Crippen LogP contribution is -2.05. The first-order valence-corrected chi connectivity index (χ1v) is 5.33. The number of aromatic nitrogens is 4. The number of halogens is 1. The van der Waals surface area contributed by atoms with Crippen LogP contribution in [0.4, 0.5) is 0 Å². The van der Waals surface area contributed by atoms with Gasteiger partial charge < -0.3 is 4.98 Å². The van der Waals surface area contributed by atoms with Crippen molar-refractivity contribution in [1.82, 2.24) is 19.9 Å². The summed E-state index contributed by atoms with van der Waals surface area (Å²) in [5, 5.41) is -1.14. The first-order chi connectivity index (χ1) is 6.88. The van der Waals surface area contributed by atoms with Crippen LogP contribution in [0.5, 0.6) is 0 Å². The van der Waals surface area contributed by atoms with Crippen molar-refractivity contribution in [3.63, 3.8) is 0 Å². The average Bonchev–Trinajstić information content (AvgIpc) is 2.44. The molecular weight excluding hydrogens is 248 g/mol. The van der Waals surface area contributed by atoms with Gasteiger partial charge in [0.05, 0.1) is 0 Å². The van der Waals surface area contributed by atoms with Gasteiger partial charge in [-0.15, -0.1) is 0 Å². The van der Waals surface area contributed by atoms with E-state index in [1.807, 2.05) is 0 Å². The zero-order valence-electron chi connectivity index (χ0n) is 6.85. The van der Waals surface area contributed by atoms with Gasteiger partial charge in [-0.3, -0.25) is 9.54 Å². The van der Waals surface area contributed by atoms with Crippen molar-refractivity contribution in [3.8, 4) is 0 Å². The minimum Gasteiger partial charge on any atom is -0.302 e. The van der Waals surface area contributed by atoms with Gasteiger partial charge in [-0.1, -0.05) is 11.6 Å². The van der Waals surface area contributed by atoms with E-state index in [0.717, 1.165) is 0 Å². The fourth-order valence-electron chi connectivity index (χ4n) is 0.983. The summed E-state index contributed by atoms with van der Waals surface area (Å²) >= 11 is 5.56. The molecule has 0 saturated heterocycles. The van der Waals surface area contributed by atoms with Crippen LogP contribution >= 0.6 is 11.6 Å². The summed E-state index contributed by atoms with van der Waals surface area (Å²) in [6, 6.07) is 0. The third kappa shape index (κ3) is 1.71. The Morgan fingerprint density at radius 3 is 2.53 bits per heavy atom. The van der Waals surface area contributed by atoms with Gasteiger partial charge in [0, 0.05) is 0 Å². The Morgan fingerprint density at radius 2 is 1.93 bits per heavy atom. The van der Waals surface area contributed by atoms with Crippen molar-refractivity contribution < 1.29 is 13.0 Å². The van der Waals surface area contributed by atoms with E-state index in [4.69, 9.17) is 16.2 Å². The molecule has 0 aliphatic carbocycles. The molecule has 0 bridgehead atoms. The van der Waals surface area contributed by atoms with Gasteiger partial charge >= 0.3 is 15.8 Å². The molecule has 0 saturated carbocycles. The van der Waals surface area contributed by atoms with Crippen LogP contribution in [0, 0.1) is 0 Å². The average molecular weight is 251 g/mol. The van der Waals surface area contributed by atoms with Crippen LogP contribution in [0.15, 0.2) is 9.95 Å². The number of imidazole rings is 1. The molecule has 0 amide bonds. The molecule has 3 N–H and O–H groups in total. The van der Waals surface area contributed by atoms with E-state index in [1.165, 1.54) is 0 Å². The summed E-state index contributed by atoms with van der Waals surface area (Å²) < 4.78 is 30.1. The number of hydrogen-bond acceptors (Lipinski definition) is 5. The predicted octanol–water partition coefficient (Wildman–Crippen LogP) is -0.454. The molecule has 0 unspecified atom stereocenters. The molecule has 15 heavy (non-hydrogen) atoms. The van der Waals surface area contributed by atoms with Gasteiger partial charge in [0.1, 0.15) is 5.52 Å². The summed E-state index contributed by atoms with van der Waals surface area (Å²) in [6.07, 6.45) is 0. The maximum absolute atomic E-state index is 10.9. The Labute approximate surface area is 87.1 Å². The van der Waals surface area contributed by atoms with Crippen LogP contribution in [0.25, 0.3) is 11.2 Å². The summed E-state index contributed by atoms with van der Waals surface area (Å²) in [4.78, 5) is 22.0. The van der Waals surface area contributed by atoms with Gasteiger partial charge in [-0.2, -0.15) is 13.4 Å². The Balaban J connectivity index is 2.89. The Morgan fingerprint density at radius 1 is 1.27 bits per heavy atom. The zero-order chi connectivity index (χ0) is 11.2. The molecule has 2 aromatic heterocycles. The molecule has 0 aromatic carbocycles. The maximum Gasteiger partial charge on any atom is 0.330 e. The molecule has 80 valence electrons. The fourth-order valence-corrected chi connectivity index (χ4v) is 1.66. The van der Waals surface area contributed by atoms with E-state index in [2.05, 4.69) is 19.9 Å². The zero-order valence-corrected chi connectivity index (χ0v) is 8.43. The Hall–Kier alpha value is -1.45. The highest BCUT2D eigenvalue weighted by Crippen LogP contribution is 2.16. The predicted molar refractivity (Wildman–Crippen MR) is 49.3 cm³/mol. The van der Waals surface area contributed by atoms with Crippen LogP contribution in [-0.4, -0.2) is 32.9 Å². The fraction of sp³-hybridized carbons (Fsp3) is 0. The van der Waals surface area contributed by atoms with Crippen molar-refractivity contribution in [2.24, 2.45) is 0 Å². The molecule has 2 aromatic rings. The first kappa shape index (κ1) is 10.1. The second-order valence-electron chi connectivity index (χ2n) is 2.57.